The largest absolute Gasteiger partial charge is 0.447 e. The minimum atomic E-state index is -0.192. The first kappa shape index (κ1) is 20.4. The summed E-state index contributed by atoms with van der Waals surface area (Å²) >= 11 is 3.02. The summed E-state index contributed by atoms with van der Waals surface area (Å²) in [6.07, 6.45) is 4.90. The number of cyclic esters (lactones) is 1. The van der Waals surface area contributed by atoms with Crippen molar-refractivity contribution in [3.8, 4) is 0 Å². The van der Waals surface area contributed by atoms with E-state index in [9.17, 15) is 4.79 Å². The quantitative estimate of drug-likeness (QED) is 0.469. The summed E-state index contributed by atoms with van der Waals surface area (Å²) < 4.78 is 14.3. The van der Waals surface area contributed by atoms with Crippen LogP contribution in [0.25, 0.3) is 5.57 Å². The molecule has 29 heavy (non-hydrogen) atoms. The molecule has 154 valence electrons. The van der Waals surface area contributed by atoms with E-state index in [1.54, 1.807) is 11.8 Å². The number of likely N-dealkylation sites (N-methyl/N-ethyl adjacent to an activating group) is 1. The number of nitrogens with zero attached hydrogens (tertiary/aromatic N) is 4. The van der Waals surface area contributed by atoms with Crippen LogP contribution in [0.4, 0.5) is 4.79 Å². The molecule has 1 saturated heterocycles. The van der Waals surface area contributed by atoms with E-state index in [4.69, 9.17) is 4.74 Å². The van der Waals surface area contributed by atoms with Crippen molar-refractivity contribution in [2.75, 3.05) is 39.0 Å². The van der Waals surface area contributed by atoms with Gasteiger partial charge in [-0.25, -0.2) is 4.79 Å². The molecule has 1 fully saturated rings. The number of thioether (sulfide) groups is 1. The Morgan fingerprint density at radius 3 is 2.97 bits per heavy atom. The topological polar surface area (TPSA) is 58.6 Å². The first-order valence-corrected chi connectivity index (χ1v) is 11.7. The molecule has 0 aliphatic carbocycles. The van der Waals surface area contributed by atoms with E-state index >= 15 is 0 Å². The van der Waals surface area contributed by atoms with E-state index < -0.39 is 0 Å². The third-order valence-corrected chi connectivity index (χ3v) is 6.97. The summed E-state index contributed by atoms with van der Waals surface area (Å²) in [7, 11) is 2.14. The van der Waals surface area contributed by atoms with Crippen molar-refractivity contribution in [1.29, 1.82) is 0 Å². The zero-order valence-corrected chi connectivity index (χ0v) is 18.3. The van der Waals surface area contributed by atoms with Crippen LogP contribution in [0.5, 0.6) is 0 Å². The molecular formula is C21H26N4O2S2. The van der Waals surface area contributed by atoms with Crippen molar-refractivity contribution < 1.29 is 9.53 Å². The summed E-state index contributed by atoms with van der Waals surface area (Å²) in [5.74, 6) is 0.906. The van der Waals surface area contributed by atoms with E-state index in [0.717, 1.165) is 48.8 Å². The van der Waals surface area contributed by atoms with E-state index in [2.05, 4.69) is 38.9 Å². The van der Waals surface area contributed by atoms with Crippen molar-refractivity contribution in [3.05, 3.63) is 47.7 Å². The maximum atomic E-state index is 12.2. The van der Waals surface area contributed by atoms with Crippen LogP contribution in [0.3, 0.4) is 0 Å². The van der Waals surface area contributed by atoms with Gasteiger partial charge in [0.05, 0.1) is 17.8 Å². The Balaban J connectivity index is 1.28. The molecule has 0 spiro atoms. The Kier molecular flexibility index (Phi) is 6.84. The van der Waals surface area contributed by atoms with Gasteiger partial charge in [-0.15, -0.1) is 11.8 Å². The zero-order chi connectivity index (χ0) is 20.1. The Bertz CT molecular complexity index is 855. The predicted octanol–water partition coefficient (Wildman–Crippen LogP) is 3.80. The van der Waals surface area contributed by atoms with Gasteiger partial charge in [-0.05, 0) is 37.4 Å². The summed E-state index contributed by atoms with van der Waals surface area (Å²) in [6.45, 7) is 3.21. The molecular weight excluding hydrogens is 404 g/mol. The highest BCUT2D eigenvalue weighted by molar-refractivity contribution is 7.99. The molecule has 2 aliphatic rings. The van der Waals surface area contributed by atoms with Gasteiger partial charge in [-0.2, -0.15) is 8.75 Å². The van der Waals surface area contributed by atoms with Crippen LogP contribution in [0.15, 0.2) is 41.4 Å². The van der Waals surface area contributed by atoms with Crippen LogP contribution in [0.1, 0.15) is 24.1 Å². The van der Waals surface area contributed by atoms with E-state index in [1.165, 1.54) is 22.9 Å². The Hall–Kier alpha value is -1.90. The second kappa shape index (κ2) is 9.73. The molecule has 0 radical (unpaired) electrons. The molecule has 2 aliphatic heterocycles. The van der Waals surface area contributed by atoms with Gasteiger partial charge in [-0.3, -0.25) is 0 Å². The minimum absolute atomic E-state index is 0.120. The van der Waals surface area contributed by atoms with E-state index in [0.29, 0.717) is 13.2 Å². The second-order valence-electron chi connectivity index (χ2n) is 7.49. The molecule has 0 bridgehead atoms. The van der Waals surface area contributed by atoms with Gasteiger partial charge >= 0.3 is 6.09 Å². The minimum Gasteiger partial charge on any atom is -0.447 e. The predicted molar refractivity (Wildman–Crippen MR) is 117 cm³/mol. The lowest BCUT2D eigenvalue weighted by atomic mass is 10.1. The molecule has 1 aromatic heterocycles. The SMILES string of the molecule is CN1CCC=C(c2nsnc2SCCCN2C(=O)OC[C@H]2Cc2ccccc2)C1. The molecule has 6 nitrogen and oxygen atoms in total. The van der Waals surface area contributed by atoms with Crippen LogP contribution >= 0.6 is 23.5 Å². The number of benzene rings is 1. The average Bonchev–Trinajstić information content (AvgIpc) is 3.33. The maximum absolute atomic E-state index is 12.2. The summed E-state index contributed by atoms with van der Waals surface area (Å²) in [5, 5.41) is 1.02. The average molecular weight is 431 g/mol. The summed E-state index contributed by atoms with van der Waals surface area (Å²) in [5.41, 5.74) is 3.55. The van der Waals surface area contributed by atoms with Crippen molar-refractivity contribution in [2.24, 2.45) is 0 Å². The Labute approximate surface area is 180 Å². The molecule has 4 rings (SSSR count). The fourth-order valence-electron chi connectivity index (χ4n) is 3.76. The van der Waals surface area contributed by atoms with Crippen molar-refractivity contribution in [3.63, 3.8) is 0 Å². The number of rotatable bonds is 8. The molecule has 0 unspecified atom stereocenters. The second-order valence-corrected chi connectivity index (χ2v) is 9.10. The Morgan fingerprint density at radius 2 is 2.14 bits per heavy atom. The highest BCUT2D eigenvalue weighted by Crippen LogP contribution is 2.29. The number of hydrogen-bond donors (Lipinski definition) is 0. The molecule has 0 saturated carbocycles. The number of aromatic nitrogens is 2. The maximum Gasteiger partial charge on any atom is 0.410 e. The van der Waals surface area contributed by atoms with E-state index in [-0.39, 0.29) is 12.1 Å². The third kappa shape index (κ3) is 5.18. The molecule has 0 N–H and O–H groups in total. The zero-order valence-electron chi connectivity index (χ0n) is 16.6. The van der Waals surface area contributed by atoms with Crippen LogP contribution < -0.4 is 0 Å². The fraction of sp³-hybridized carbons (Fsp3) is 0.476. The normalized spacial score (nSPS) is 20.0. The Morgan fingerprint density at radius 1 is 1.28 bits per heavy atom. The summed E-state index contributed by atoms with van der Waals surface area (Å²) in [6, 6.07) is 10.4. The van der Waals surface area contributed by atoms with Crippen LogP contribution in [0, 0.1) is 0 Å². The van der Waals surface area contributed by atoms with E-state index in [1.807, 2.05) is 23.1 Å². The molecule has 1 aromatic carbocycles. The van der Waals surface area contributed by atoms with Gasteiger partial charge in [-0.1, -0.05) is 36.4 Å². The molecule has 1 atom stereocenters. The van der Waals surface area contributed by atoms with Crippen molar-refractivity contribution in [1.82, 2.24) is 18.5 Å². The number of carbonyl (C=O) groups excluding carboxylic acids is 1. The van der Waals surface area contributed by atoms with Crippen LogP contribution in [0.2, 0.25) is 0 Å². The lowest BCUT2D eigenvalue weighted by molar-refractivity contribution is 0.158. The lowest BCUT2D eigenvalue weighted by Gasteiger charge is -2.22. The third-order valence-electron chi connectivity index (χ3n) is 5.28. The van der Waals surface area contributed by atoms with Crippen molar-refractivity contribution >= 4 is 35.2 Å². The standard InChI is InChI=1S/C21H26N4O2S2/c1-24-10-5-9-17(14-24)19-20(23-29-22-19)28-12-6-11-25-18(15-27-21(25)26)13-16-7-3-2-4-8-16/h2-4,7-9,18H,5-6,10-15H2,1H3/t18-/m1/s1. The van der Waals surface area contributed by atoms with Gasteiger partial charge in [0.15, 0.2) is 0 Å². The van der Waals surface area contributed by atoms with Gasteiger partial charge in [0.1, 0.15) is 17.3 Å². The van der Waals surface area contributed by atoms with Gasteiger partial charge in [0, 0.05) is 25.4 Å². The lowest BCUT2D eigenvalue weighted by Crippen LogP contribution is -2.36. The monoisotopic (exact) mass is 430 g/mol. The van der Waals surface area contributed by atoms with Crippen LogP contribution in [-0.4, -0.2) is 69.7 Å². The first-order valence-electron chi connectivity index (χ1n) is 10.0. The smallest absolute Gasteiger partial charge is 0.410 e. The highest BCUT2D eigenvalue weighted by Gasteiger charge is 2.32. The van der Waals surface area contributed by atoms with Crippen molar-refractivity contribution in [2.45, 2.75) is 30.3 Å². The number of amides is 1. The molecule has 2 aromatic rings. The first-order chi connectivity index (χ1) is 14.2. The number of ether oxygens (including phenoxy) is 1. The van der Waals surface area contributed by atoms with Gasteiger partial charge in [0.25, 0.3) is 0 Å². The fourth-order valence-corrected chi connectivity index (χ4v) is 5.39. The highest BCUT2D eigenvalue weighted by atomic mass is 32.2. The molecule has 1 amide bonds. The number of carbonyl (C=O) groups is 1. The molecule has 8 heteroatoms. The van der Waals surface area contributed by atoms with Gasteiger partial charge in [0.2, 0.25) is 0 Å². The summed E-state index contributed by atoms with van der Waals surface area (Å²) in [4.78, 5) is 16.3. The van der Waals surface area contributed by atoms with Crippen LogP contribution in [-0.2, 0) is 11.2 Å². The molecule has 3 heterocycles. The van der Waals surface area contributed by atoms with Gasteiger partial charge < -0.3 is 14.5 Å². The number of hydrogen-bond acceptors (Lipinski definition) is 7.